The molecule has 0 aliphatic heterocycles. The second-order valence-corrected chi connectivity index (χ2v) is 5.26. The Hall–Kier alpha value is -2.04. The first-order valence-electron chi connectivity index (χ1n) is 6.42. The number of rotatable bonds is 4. The highest BCUT2D eigenvalue weighted by atomic mass is 35.5. The van der Waals surface area contributed by atoms with E-state index in [1.54, 1.807) is 42.5 Å². The van der Waals surface area contributed by atoms with Crippen LogP contribution in [0.2, 0.25) is 10.0 Å². The number of nitrogens with one attached hydrogen (secondary N) is 1. The van der Waals surface area contributed by atoms with Gasteiger partial charge in [0.1, 0.15) is 0 Å². The lowest BCUT2D eigenvalue weighted by Crippen LogP contribution is -2.23. The quantitative estimate of drug-likeness (QED) is 0.865. The van der Waals surface area contributed by atoms with Gasteiger partial charge in [0.15, 0.2) is 0 Å². The van der Waals surface area contributed by atoms with Gasteiger partial charge in [-0.2, -0.15) is 0 Å². The molecule has 0 aliphatic rings. The van der Waals surface area contributed by atoms with E-state index in [2.05, 4.69) is 10.1 Å². The van der Waals surface area contributed by atoms with E-state index >= 15 is 0 Å². The topological polar surface area (TPSA) is 55.4 Å². The standard InChI is InChI=1S/C16H13Cl2NO3/c1-22-16(21)11-7-5-10(6-8-11)9-19-15(20)12-3-2-4-13(17)14(12)18/h2-8H,9H2,1H3,(H,19,20). The summed E-state index contributed by atoms with van der Waals surface area (Å²) >= 11 is 11.9. The Bertz CT molecular complexity index is 699. The largest absolute Gasteiger partial charge is 0.465 e. The van der Waals surface area contributed by atoms with Crippen molar-refractivity contribution in [2.24, 2.45) is 0 Å². The fourth-order valence-electron chi connectivity index (χ4n) is 1.83. The summed E-state index contributed by atoms with van der Waals surface area (Å²) in [6.07, 6.45) is 0. The van der Waals surface area contributed by atoms with E-state index in [0.717, 1.165) is 5.56 Å². The molecule has 0 spiro atoms. The number of benzene rings is 2. The number of carbonyl (C=O) groups is 2. The van der Waals surface area contributed by atoms with Crippen LogP contribution in [0.1, 0.15) is 26.3 Å². The molecule has 22 heavy (non-hydrogen) atoms. The molecule has 0 aromatic heterocycles. The normalized spacial score (nSPS) is 10.1. The monoisotopic (exact) mass is 337 g/mol. The molecule has 0 bridgehead atoms. The maximum atomic E-state index is 12.1. The SMILES string of the molecule is COC(=O)c1ccc(CNC(=O)c2cccc(Cl)c2Cl)cc1. The van der Waals surface area contributed by atoms with Gasteiger partial charge in [0.05, 0.1) is 28.3 Å². The summed E-state index contributed by atoms with van der Waals surface area (Å²) in [5, 5.41) is 3.30. The van der Waals surface area contributed by atoms with Gasteiger partial charge in [-0.3, -0.25) is 4.79 Å². The fraction of sp³-hybridized carbons (Fsp3) is 0.125. The van der Waals surface area contributed by atoms with Gasteiger partial charge in [-0.05, 0) is 29.8 Å². The number of methoxy groups -OCH3 is 1. The molecular weight excluding hydrogens is 325 g/mol. The minimum Gasteiger partial charge on any atom is -0.465 e. The van der Waals surface area contributed by atoms with Gasteiger partial charge in [-0.1, -0.05) is 41.4 Å². The second-order valence-electron chi connectivity index (χ2n) is 4.47. The molecule has 114 valence electrons. The second kappa shape index (κ2) is 7.29. The molecule has 0 saturated carbocycles. The van der Waals surface area contributed by atoms with Gasteiger partial charge in [0.2, 0.25) is 0 Å². The number of hydrogen-bond acceptors (Lipinski definition) is 3. The van der Waals surface area contributed by atoms with Crippen LogP contribution in [0.5, 0.6) is 0 Å². The van der Waals surface area contributed by atoms with Crippen LogP contribution >= 0.6 is 23.2 Å². The maximum Gasteiger partial charge on any atom is 0.337 e. The van der Waals surface area contributed by atoms with E-state index in [4.69, 9.17) is 23.2 Å². The zero-order valence-corrected chi connectivity index (χ0v) is 13.2. The highest BCUT2D eigenvalue weighted by Gasteiger charge is 2.12. The minimum absolute atomic E-state index is 0.225. The van der Waals surface area contributed by atoms with Gasteiger partial charge < -0.3 is 10.1 Å². The lowest BCUT2D eigenvalue weighted by molar-refractivity contribution is 0.0600. The summed E-state index contributed by atoms with van der Waals surface area (Å²) in [4.78, 5) is 23.4. The van der Waals surface area contributed by atoms with Crippen LogP contribution in [-0.4, -0.2) is 19.0 Å². The van der Waals surface area contributed by atoms with Gasteiger partial charge in [0, 0.05) is 6.54 Å². The van der Waals surface area contributed by atoms with Crippen molar-refractivity contribution in [3.63, 3.8) is 0 Å². The predicted octanol–water partition coefficient (Wildman–Crippen LogP) is 3.71. The van der Waals surface area contributed by atoms with Crippen LogP contribution < -0.4 is 5.32 Å². The molecule has 0 atom stereocenters. The first kappa shape index (κ1) is 16.3. The van der Waals surface area contributed by atoms with Crippen molar-refractivity contribution >= 4 is 35.1 Å². The third-order valence-corrected chi connectivity index (χ3v) is 3.84. The first-order valence-corrected chi connectivity index (χ1v) is 7.18. The van der Waals surface area contributed by atoms with Crippen LogP contribution in [0.15, 0.2) is 42.5 Å². The zero-order chi connectivity index (χ0) is 16.1. The van der Waals surface area contributed by atoms with Crippen molar-refractivity contribution in [3.8, 4) is 0 Å². The van der Waals surface area contributed by atoms with Gasteiger partial charge in [-0.15, -0.1) is 0 Å². The van der Waals surface area contributed by atoms with Crippen molar-refractivity contribution in [1.82, 2.24) is 5.32 Å². The molecule has 1 N–H and O–H groups in total. The summed E-state index contributed by atoms with van der Waals surface area (Å²) in [5.41, 5.74) is 1.62. The van der Waals surface area contributed by atoms with Gasteiger partial charge >= 0.3 is 5.97 Å². The van der Waals surface area contributed by atoms with Crippen LogP contribution in [0, 0.1) is 0 Å². The first-order chi connectivity index (χ1) is 10.5. The molecule has 0 saturated heterocycles. The van der Waals surface area contributed by atoms with Crippen molar-refractivity contribution in [1.29, 1.82) is 0 Å². The van der Waals surface area contributed by atoms with Crippen LogP contribution in [-0.2, 0) is 11.3 Å². The highest BCUT2D eigenvalue weighted by Crippen LogP contribution is 2.25. The lowest BCUT2D eigenvalue weighted by Gasteiger charge is -2.08. The van der Waals surface area contributed by atoms with Crippen molar-refractivity contribution < 1.29 is 14.3 Å². The third kappa shape index (κ3) is 3.78. The van der Waals surface area contributed by atoms with Gasteiger partial charge in [0.25, 0.3) is 5.91 Å². The summed E-state index contributed by atoms with van der Waals surface area (Å²) in [6.45, 7) is 0.309. The molecule has 2 rings (SSSR count). The zero-order valence-electron chi connectivity index (χ0n) is 11.7. The molecule has 6 heteroatoms. The Morgan fingerprint density at radius 2 is 1.77 bits per heavy atom. The molecule has 0 heterocycles. The average molecular weight is 338 g/mol. The smallest absolute Gasteiger partial charge is 0.337 e. The molecule has 0 unspecified atom stereocenters. The minimum atomic E-state index is -0.402. The Morgan fingerprint density at radius 1 is 1.09 bits per heavy atom. The Balaban J connectivity index is 2.02. The van der Waals surface area contributed by atoms with E-state index < -0.39 is 5.97 Å². The number of ether oxygens (including phenoxy) is 1. The number of halogens is 2. The molecule has 2 aromatic carbocycles. The summed E-state index contributed by atoms with van der Waals surface area (Å²) in [7, 11) is 1.32. The molecule has 4 nitrogen and oxygen atoms in total. The Morgan fingerprint density at radius 3 is 2.41 bits per heavy atom. The van der Waals surface area contributed by atoms with Gasteiger partial charge in [-0.25, -0.2) is 4.79 Å². The number of esters is 1. The third-order valence-electron chi connectivity index (χ3n) is 3.02. The molecule has 0 aliphatic carbocycles. The molecular formula is C16H13Cl2NO3. The van der Waals surface area contributed by atoms with E-state index in [-0.39, 0.29) is 10.9 Å². The number of carbonyl (C=O) groups excluding carboxylic acids is 2. The number of hydrogen-bond donors (Lipinski definition) is 1. The van der Waals surface area contributed by atoms with Crippen molar-refractivity contribution in [3.05, 3.63) is 69.2 Å². The van der Waals surface area contributed by atoms with E-state index in [1.165, 1.54) is 7.11 Å². The van der Waals surface area contributed by atoms with Crippen molar-refractivity contribution in [2.75, 3.05) is 7.11 Å². The average Bonchev–Trinajstić information content (AvgIpc) is 2.55. The van der Waals surface area contributed by atoms with E-state index in [1.807, 2.05) is 0 Å². The summed E-state index contributed by atoms with van der Waals surface area (Å²) in [5.74, 6) is -0.717. The molecule has 0 radical (unpaired) electrons. The highest BCUT2D eigenvalue weighted by molar-refractivity contribution is 6.43. The summed E-state index contributed by atoms with van der Waals surface area (Å²) in [6, 6.07) is 11.6. The molecule has 0 fully saturated rings. The number of amides is 1. The van der Waals surface area contributed by atoms with Crippen molar-refractivity contribution in [2.45, 2.75) is 6.54 Å². The van der Waals surface area contributed by atoms with Crippen LogP contribution in [0.25, 0.3) is 0 Å². The summed E-state index contributed by atoms with van der Waals surface area (Å²) < 4.78 is 4.62. The predicted molar refractivity (Wildman–Crippen MR) is 85.4 cm³/mol. The molecule has 2 aromatic rings. The van der Waals surface area contributed by atoms with E-state index in [0.29, 0.717) is 22.7 Å². The Labute approximate surface area is 138 Å². The van der Waals surface area contributed by atoms with Crippen LogP contribution in [0.4, 0.5) is 0 Å². The van der Waals surface area contributed by atoms with Crippen LogP contribution in [0.3, 0.4) is 0 Å². The maximum absolute atomic E-state index is 12.1. The molecule has 1 amide bonds. The van der Waals surface area contributed by atoms with E-state index in [9.17, 15) is 9.59 Å². The lowest BCUT2D eigenvalue weighted by atomic mass is 10.1. The fourth-order valence-corrected chi connectivity index (χ4v) is 2.22. The Kier molecular flexibility index (Phi) is 5.41.